The van der Waals surface area contributed by atoms with Gasteiger partial charge >= 0.3 is 5.97 Å². The van der Waals surface area contributed by atoms with Gasteiger partial charge in [-0.15, -0.1) is 0 Å². The summed E-state index contributed by atoms with van der Waals surface area (Å²) in [6.45, 7) is 4.11. The van der Waals surface area contributed by atoms with E-state index in [9.17, 15) is 4.79 Å². The van der Waals surface area contributed by atoms with Gasteiger partial charge in [0.05, 0.1) is 5.56 Å². The number of aromatic carboxylic acids is 1. The lowest BCUT2D eigenvalue weighted by Crippen LogP contribution is -2.36. The number of nitrogens with zero attached hydrogens (tertiary/aromatic N) is 2. The van der Waals surface area contributed by atoms with Crippen molar-refractivity contribution in [2.24, 2.45) is 0 Å². The molecule has 19 heavy (non-hydrogen) atoms. The van der Waals surface area contributed by atoms with Crippen LogP contribution in [0.15, 0.2) is 12.1 Å². The second kappa shape index (κ2) is 6.02. The lowest BCUT2D eigenvalue weighted by atomic mass is 10.1. The van der Waals surface area contributed by atoms with E-state index in [0.29, 0.717) is 17.4 Å². The lowest BCUT2D eigenvalue weighted by molar-refractivity contribution is 0.0696. The zero-order valence-corrected chi connectivity index (χ0v) is 11.5. The highest BCUT2D eigenvalue weighted by molar-refractivity contribution is 5.88. The number of nitrogens with one attached hydrogen (secondary N) is 1. The fraction of sp³-hybridized carbons (Fsp3) is 0.571. The molecule has 0 saturated carbocycles. The summed E-state index contributed by atoms with van der Waals surface area (Å²) in [5.74, 6) is -0.213. The molecule has 0 amide bonds. The summed E-state index contributed by atoms with van der Waals surface area (Å²) in [6.07, 6.45) is 2.87. The maximum Gasteiger partial charge on any atom is 0.335 e. The molecular weight excluding hydrogens is 242 g/mol. The summed E-state index contributed by atoms with van der Waals surface area (Å²) in [5, 5.41) is 12.5. The molecule has 104 valence electrons. The largest absolute Gasteiger partial charge is 0.478 e. The number of aromatic nitrogens is 1. The predicted molar refractivity (Wildman–Crippen MR) is 74.7 cm³/mol. The van der Waals surface area contributed by atoms with Crippen LogP contribution >= 0.6 is 0 Å². The highest BCUT2D eigenvalue weighted by Crippen LogP contribution is 2.17. The van der Waals surface area contributed by atoms with E-state index in [0.717, 1.165) is 38.0 Å². The Morgan fingerprint density at radius 1 is 1.47 bits per heavy atom. The zero-order valence-electron chi connectivity index (χ0n) is 11.5. The van der Waals surface area contributed by atoms with Gasteiger partial charge < -0.3 is 15.3 Å². The molecular formula is C14H21N3O2. The molecule has 0 unspecified atom stereocenters. The van der Waals surface area contributed by atoms with Gasteiger partial charge in [0.1, 0.15) is 5.82 Å². The quantitative estimate of drug-likeness (QED) is 0.868. The van der Waals surface area contributed by atoms with Crippen LogP contribution in [0.25, 0.3) is 0 Å². The molecule has 0 bridgehead atoms. The SMILES string of the molecule is CCc1cc(C(=O)O)cc(NC2CCN(C)CC2)n1. The molecule has 1 saturated heterocycles. The van der Waals surface area contributed by atoms with Crippen molar-refractivity contribution in [1.29, 1.82) is 0 Å². The number of piperidine rings is 1. The van der Waals surface area contributed by atoms with E-state index in [1.807, 2.05) is 6.92 Å². The maximum atomic E-state index is 11.1. The molecule has 1 fully saturated rings. The van der Waals surface area contributed by atoms with E-state index >= 15 is 0 Å². The van der Waals surface area contributed by atoms with Crippen molar-refractivity contribution < 1.29 is 9.90 Å². The van der Waals surface area contributed by atoms with Crippen molar-refractivity contribution in [3.63, 3.8) is 0 Å². The highest BCUT2D eigenvalue weighted by atomic mass is 16.4. The molecule has 1 aliphatic rings. The van der Waals surface area contributed by atoms with Crippen LogP contribution in [0, 0.1) is 0 Å². The Labute approximate surface area is 113 Å². The van der Waals surface area contributed by atoms with E-state index in [2.05, 4.69) is 22.2 Å². The molecule has 1 aromatic rings. The summed E-state index contributed by atoms with van der Waals surface area (Å²) < 4.78 is 0. The minimum absolute atomic E-state index is 0.308. The third-order valence-electron chi connectivity index (χ3n) is 3.56. The Hall–Kier alpha value is -1.62. The smallest absolute Gasteiger partial charge is 0.335 e. The highest BCUT2D eigenvalue weighted by Gasteiger charge is 2.17. The molecule has 0 aromatic carbocycles. The second-order valence-corrected chi connectivity index (χ2v) is 5.11. The first-order chi connectivity index (χ1) is 9.08. The fourth-order valence-electron chi connectivity index (χ4n) is 2.33. The van der Waals surface area contributed by atoms with Gasteiger partial charge in [0, 0.05) is 11.7 Å². The average molecular weight is 263 g/mol. The van der Waals surface area contributed by atoms with Gasteiger partial charge in [0.25, 0.3) is 0 Å². The van der Waals surface area contributed by atoms with Crippen LogP contribution in [0.4, 0.5) is 5.82 Å². The van der Waals surface area contributed by atoms with Gasteiger partial charge in [-0.05, 0) is 51.5 Å². The fourth-order valence-corrected chi connectivity index (χ4v) is 2.33. The summed E-state index contributed by atoms with van der Waals surface area (Å²) in [5.41, 5.74) is 1.12. The summed E-state index contributed by atoms with van der Waals surface area (Å²) in [7, 11) is 2.12. The van der Waals surface area contributed by atoms with Crippen molar-refractivity contribution in [3.8, 4) is 0 Å². The number of rotatable bonds is 4. The van der Waals surface area contributed by atoms with Crippen molar-refractivity contribution in [3.05, 3.63) is 23.4 Å². The Bertz CT molecular complexity index is 454. The number of likely N-dealkylation sites (tertiary alicyclic amines) is 1. The van der Waals surface area contributed by atoms with Crippen molar-refractivity contribution >= 4 is 11.8 Å². The first-order valence-corrected chi connectivity index (χ1v) is 6.78. The Morgan fingerprint density at radius 2 is 2.16 bits per heavy atom. The molecule has 2 heterocycles. The standard InChI is InChI=1S/C14H21N3O2/c1-3-11-8-10(14(18)19)9-13(15-11)16-12-4-6-17(2)7-5-12/h8-9,12H,3-7H2,1-2H3,(H,15,16)(H,18,19). The molecule has 0 radical (unpaired) electrons. The number of aryl methyl sites for hydroxylation is 1. The van der Waals surface area contributed by atoms with Gasteiger partial charge in [0.2, 0.25) is 0 Å². The van der Waals surface area contributed by atoms with Crippen molar-refractivity contribution in [1.82, 2.24) is 9.88 Å². The van der Waals surface area contributed by atoms with Crippen LogP contribution < -0.4 is 5.32 Å². The van der Waals surface area contributed by atoms with Gasteiger partial charge in [0.15, 0.2) is 0 Å². The van der Waals surface area contributed by atoms with Crippen molar-refractivity contribution in [2.75, 3.05) is 25.5 Å². The molecule has 0 aliphatic carbocycles. The van der Waals surface area contributed by atoms with Crippen LogP contribution in [0.5, 0.6) is 0 Å². The first kappa shape index (κ1) is 13.8. The molecule has 2 rings (SSSR count). The van der Waals surface area contributed by atoms with Crippen LogP contribution in [0.3, 0.4) is 0 Å². The van der Waals surface area contributed by atoms with Crippen molar-refractivity contribution in [2.45, 2.75) is 32.2 Å². The van der Waals surface area contributed by atoms with E-state index < -0.39 is 5.97 Å². The number of pyridine rings is 1. The number of hydrogen-bond donors (Lipinski definition) is 2. The second-order valence-electron chi connectivity index (χ2n) is 5.11. The number of hydrogen-bond acceptors (Lipinski definition) is 4. The van der Waals surface area contributed by atoms with Crippen LogP contribution in [0.2, 0.25) is 0 Å². The normalized spacial score (nSPS) is 17.4. The van der Waals surface area contributed by atoms with Crippen LogP contribution in [-0.4, -0.2) is 47.1 Å². The van der Waals surface area contributed by atoms with Crippen LogP contribution in [0.1, 0.15) is 35.8 Å². The molecule has 0 atom stereocenters. The Kier molecular flexibility index (Phi) is 4.37. The third kappa shape index (κ3) is 3.67. The number of anilines is 1. The topological polar surface area (TPSA) is 65.5 Å². The third-order valence-corrected chi connectivity index (χ3v) is 3.56. The number of carboxylic acids is 1. The van der Waals surface area contributed by atoms with E-state index in [-0.39, 0.29) is 0 Å². The van der Waals surface area contributed by atoms with Gasteiger partial charge in [-0.3, -0.25) is 0 Å². The van der Waals surface area contributed by atoms with Gasteiger partial charge in [-0.1, -0.05) is 6.92 Å². The molecule has 0 spiro atoms. The Morgan fingerprint density at radius 3 is 2.74 bits per heavy atom. The van der Waals surface area contributed by atoms with Crippen LogP contribution in [-0.2, 0) is 6.42 Å². The number of carboxylic acid groups (broad SMARTS) is 1. The zero-order chi connectivity index (χ0) is 13.8. The first-order valence-electron chi connectivity index (χ1n) is 6.78. The maximum absolute atomic E-state index is 11.1. The molecule has 5 nitrogen and oxygen atoms in total. The monoisotopic (exact) mass is 263 g/mol. The minimum atomic E-state index is -0.900. The minimum Gasteiger partial charge on any atom is -0.478 e. The molecule has 1 aromatic heterocycles. The molecule has 2 N–H and O–H groups in total. The lowest BCUT2D eigenvalue weighted by Gasteiger charge is -2.29. The van der Waals surface area contributed by atoms with E-state index in [4.69, 9.17) is 5.11 Å². The predicted octanol–water partition coefficient (Wildman–Crippen LogP) is 1.85. The molecule has 5 heteroatoms. The number of carbonyl (C=O) groups is 1. The van der Waals surface area contributed by atoms with E-state index in [1.54, 1.807) is 12.1 Å². The summed E-state index contributed by atoms with van der Waals surface area (Å²) in [6, 6.07) is 3.65. The average Bonchev–Trinajstić information content (AvgIpc) is 2.41. The van der Waals surface area contributed by atoms with Gasteiger partial charge in [-0.25, -0.2) is 9.78 Å². The summed E-state index contributed by atoms with van der Waals surface area (Å²) >= 11 is 0. The van der Waals surface area contributed by atoms with Gasteiger partial charge in [-0.2, -0.15) is 0 Å². The van der Waals surface area contributed by atoms with E-state index in [1.165, 1.54) is 0 Å². The summed E-state index contributed by atoms with van der Waals surface area (Å²) in [4.78, 5) is 17.9. The Balaban J connectivity index is 2.10. The molecule has 1 aliphatic heterocycles.